The highest BCUT2D eigenvalue weighted by atomic mass is 35.5. The first kappa shape index (κ1) is 15.1. The summed E-state index contributed by atoms with van der Waals surface area (Å²) in [5.41, 5.74) is 1.15. The number of halogens is 2. The van der Waals surface area contributed by atoms with E-state index in [1.807, 2.05) is 0 Å². The summed E-state index contributed by atoms with van der Waals surface area (Å²) in [4.78, 5) is 0. The second-order valence-corrected chi connectivity index (χ2v) is 10.3. The Hall–Kier alpha value is 0.580. The van der Waals surface area contributed by atoms with Gasteiger partial charge in [-0.25, -0.2) is 0 Å². The third kappa shape index (κ3) is 2.14. The molecule has 4 fully saturated rings. The van der Waals surface area contributed by atoms with Crippen LogP contribution in [0.15, 0.2) is 0 Å². The Bertz CT molecular complexity index is 422. The van der Waals surface area contributed by atoms with E-state index in [1.165, 1.54) is 44.9 Å². The minimum atomic E-state index is 0.198. The number of fused-ring (bicyclic) bond motifs is 5. The molecule has 2 heteroatoms. The van der Waals surface area contributed by atoms with Crippen molar-refractivity contribution < 1.29 is 0 Å². The van der Waals surface area contributed by atoms with Gasteiger partial charge in [0, 0.05) is 0 Å². The summed E-state index contributed by atoms with van der Waals surface area (Å²) >= 11 is 13.1. The third-order valence-electron chi connectivity index (χ3n) is 8.38. The van der Waals surface area contributed by atoms with E-state index >= 15 is 0 Å². The standard InChI is InChI=1S/C19H30Cl2/c1-18-8-3-4-14(18)13-6-5-12-10-16(20)17(21)11-19(12,2)15(13)7-9-18/h12-17H,3-11H2,1-2H3/t12-,13-,14-,15-,16-,17+,18-,19-/m0/s1. The van der Waals surface area contributed by atoms with Crippen LogP contribution in [0.1, 0.15) is 71.6 Å². The Balaban J connectivity index is 1.63. The lowest BCUT2D eigenvalue weighted by atomic mass is 9.45. The molecule has 0 saturated heterocycles. The van der Waals surface area contributed by atoms with Crippen molar-refractivity contribution in [3.63, 3.8) is 0 Å². The molecule has 0 aromatic rings. The average molecular weight is 329 g/mol. The highest BCUT2D eigenvalue weighted by Crippen LogP contribution is 2.66. The Morgan fingerprint density at radius 1 is 0.857 bits per heavy atom. The van der Waals surface area contributed by atoms with Gasteiger partial charge in [-0.3, -0.25) is 0 Å². The fraction of sp³-hybridized carbons (Fsp3) is 1.00. The maximum Gasteiger partial charge on any atom is 0.0505 e. The van der Waals surface area contributed by atoms with E-state index < -0.39 is 0 Å². The van der Waals surface area contributed by atoms with Crippen LogP contribution in [0, 0.1) is 34.5 Å². The molecule has 0 unspecified atom stereocenters. The molecule has 4 saturated carbocycles. The molecule has 0 amide bonds. The van der Waals surface area contributed by atoms with Gasteiger partial charge in [-0.15, -0.1) is 23.2 Å². The van der Waals surface area contributed by atoms with E-state index in [4.69, 9.17) is 23.2 Å². The van der Waals surface area contributed by atoms with Crippen LogP contribution >= 0.6 is 23.2 Å². The van der Waals surface area contributed by atoms with Crippen molar-refractivity contribution in [2.45, 2.75) is 82.4 Å². The molecule has 4 aliphatic carbocycles. The van der Waals surface area contributed by atoms with Crippen molar-refractivity contribution in [2.24, 2.45) is 34.5 Å². The van der Waals surface area contributed by atoms with E-state index in [-0.39, 0.29) is 10.8 Å². The normalized spacial score (nSPS) is 60.0. The number of hydrogen-bond acceptors (Lipinski definition) is 0. The van der Waals surface area contributed by atoms with E-state index in [0.29, 0.717) is 10.8 Å². The van der Waals surface area contributed by atoms with Crippen molar-refractivity contribution in [3.8, 4) is 0 Å². The summed E-state index contributed by atoms with van der Waals surface area (Å²) < 4.78 is 0. The zero-order valence-electron chi connectivity index (χ0n) is 13.6. The number of alkyl halides is 2. The zero-order chi connectivity index (χ0) is 14.8. The molecule has 0 radical (unpaired) electrons. The minimum Gasteiger partial charge on any atom is -0.121 e. The summed E-state index contributed by atoms with van der Waals surface area (Å²) in [5, 5.41) is 0.408. The fourth-order valence-corrected chi connectivity index (χ4v) is 7.94. The molecule has 0 spiro atoms. The van der Waals surface area contributed by atoms with Crippen LogP contribution in [0.25, 0.3) is 0 Å². The highest BCUT2D eigenvalue weighted by Gasteiger charge is 2.58. The monoisotopic (exact) mass is 328 g/mol. The largest absolute Gasteiger partial charge is 0.121 e. The van der Waals surface area contributed by atoms with E-state index in [0.717, 1.165) is 36.5 Å². The number of rotatable bonds is 0. The van der Waals surface area contributed by atoms with Crippen molar-refractivity contribution in [3.05, 3.63) is 0 Å². The predicted molar refractivity (Wildman–Crippen MR) is 91.0 cm³/mol. The minimum absolute atomic E-state index is 0.198. The number of hydrogen-bond donors (Lipinski definition) is 0. The van der Waals surface area contributed by atoms with Gasteiger partial charge in [0.15, 0.2) is 0 Å². The van der Waals surface area contributed by atoms with Crippen LogP contribution < -0.4 is 0 Å². The average Bonchev–Trinajstić information content (AvgIpc) is 2.82. The lowest BCUT2D eigenvalue weighted by Crippen LogP contribution is -2.54. The van der Waals surface area contributed by atoms with Crippen LogP contribution in [0.2, 0.25) is 0 Å². The second kappa shape index (κ2) is 5.04. The van der Waals surface area contributed by atoms with Crippen LogP contribution in [-0.2, 0) is 0 Å². The fourth-order valence-electron chi connectivity index (χ4n) is 7.20. The van der Waals surface area contributed by atoms with Gasteiger partial charge in [-0.1, -0.05) is 20.3 Å². The van der Waals surface area contributed by atoms with Crippen LogP contribution in [0.4, 0.5) is 0 Å². The molecule has 4 rings (SSSR count). The van der Waals surface area contributed by atoms with Crippen molar-refractivity contribution in [2.75, 3.05) is 0 Å². The smallest absolute Gasteiger partial charge is 0.0505 e. The lowest BCUT2D eigenvalue weighted by molar-refractivity contribution is -0.101. The molecule has 0 aliphatic heterocycles. The Kier molecular flexibility index (Phi) is 3.63. The van der Waals surface area contributed by atoms with Crippen molar-refractivity contribution in [1.82, 2.24) is 0 Å². The van der Waals surface area contributed by atoms with Crippen molar-refractivity contribution >= 4 is 23.2 Å². The molecular formula is C19H30Cl2. The van der Waals surface area contributed by atoms with Gasteiger partial charge in [-0.05, 0) is 85.9 Å². The molecule has 8 atom stereocenters. The summed E-state index contributed by atoms with van der Waals surface area (Å²) in [6.07, 6.45) is 12.6. The SMILES string of the molecule is C[C@@]12CCC[C@H]1[C@@H]1CC[C@H]3C[C@H](Cl)[C@H](Cl)C[C@]3(C)[C@H]1CC2. The Labute approximate surface area is 140 Å². The molecule has 0 heterocycles. The van der Waals surface area contributed by atoms with Crippen LogP contribution in [-0.4, -0.2) is 10.8 Å². The quantitative estimate of drug-likeness (QED) is 0.461. The maximum atomic E-state index is 6.61. The first-order valence-corrected chi connectivity index (χ1v) is 10.1. The van der Waals surface area contributed by atoms with E-state index in [2.05, 4.69) is 13.8 Å². The van der Waals surface area contributed by atoms with Crippen molar-refractivity contribution in [1.29, 1.82) is 0 Å². The second-order valence-electron chi connectivity index (χ2n) is 9.21. The summed E-state index contributed by atoms with van der Waals surface area (Å²) in [6, 6.07) is 0. The van der Waals surface area contributed by atoms with Gasteiger partial charge in [0.1, 0.15) is 0 Å². The molecule has 0 aromatic heterocycles. The molecule has 21 heavy (non-hydrogen) atoms. The molecule has 0 aromatic carbocycles. The van der Waals surface area contributed by atoms with E-state index in [9.17, 15) is 0 Å². The highest BCUT2D eigenvalue weighted by molar-refractivity contribution is 6.30. The first-order valence-electron chi connectivity index (χ1n) is 9.22. The summed E-state index contributed by atoms with van der Waals surface area (Å²) in [6.45, 7) is 5.17. The molecule has 0 nitrogen and oxygen atoms in total. The first-order chi connectivity index (χ1) is 9.94. The predicted octanol–water partition coefficient (Wildman–Crippen LogP) is 6.24. The third-order valence-corrected chi connectivity index (χ3v) is 9.45. The molecular weight excluding hydrogens is 299 g/mol. The maximum absolute atomic E-state index is 6.61. The van der Waals surface area contributed by atoms with Gasteiger partial charge >= 0.3 is 0 Å². The molecule has 0 bridgehead atoms. The molecule has 4 aliphatic rings. The Morgan fingerprint density at radius 2 is 1.67 bits per heavy atom. The zero-order valence-corrected chi connectivity index (χ0v) is 15.1. The molecule has 0 N–H and O–H groups in total. The lowest BCUT2D eigenvalue weighted by Gasteiger charge is -2.61. The summed E-state index contributed by atoms with van der Waals surface area (Å²) in [7, 11) is 0. The summed E-state index contributed by atoms with van der Waals surface area (Å²) in [5.74, 6) is 3.76. The van der Waals surface area contributed by atoms with Crippen LogP contribution in [0.3, 0.4) is 0 Å². The molecule has 120 valence electrons. The van der Waals surface area contributed by atoms with Gasteiger partial charge < -0.3 is 0 Å². The topological polar surface area (TPSA) is 0 Å². The van der Waals surface area contributed by atoms with E-state index in [1.54, 1.807) is 0 Å². The van der Waals surface area contributed by atoms with Gasteiger partial charge in [0.25, 0.3) is 0 Å². The van der Waals surface area contributed by atoms with Gasteiger partial charge in [-0.2, -0.15) is 0 Å². The van der Waals surface area contributed by atoms with Gasteiger partial charge in [0.05, 0.1) is 10.8 Å². The Morgan fingerprint density at radius 3 is 2.48 bits per heavy atom. The van der Waals surface area contributed by atoms with Crippen LogP contribution in [0.5, 0.6) is 0 Å². The van der Waals surface area contributed by atoms with Gasteiger partial charge in [0.2, 0.25) is 0 Å².